The highest BCUT2D eigenvalue weighted by molar-refractivity contribution is 5.97. The van der Waals surface area contributed by atoms with E-state index in [0.29, 0.717) is 37.7 Å². The summed E-state index contributed by atoms with van der Waals surface area (Å²) < 4.78 is 10.2. The molecule has 1 N–H and O–H groups in total. The number of nitrogens with zero attached hydrogens (tertiary/aromatic N) is 2. The molecule has 8 nitrogen and oxygen atoms in total. The molecule has 0 bridgehead atoms. The topological polar surface area (TPSA) is 97.3 Å². The maximum Gasteiger partial charge on any atom is 0.305 e. The average molecular weight is 506 g/mol. The average Bonchev–Trinajstić information content (AvgIpc) is 3.45. The second-order valence-corrected chi connectivity index (χ2v) is 9.60. The van der Waals surface area contributed by atoms with Crippen LogP contribution in [-0.2, 0) is 30.4 Å². The highest BCUT2D eigenvalue weighted by Crippen LogP contribution is 2.37. The van der Waals surface area contributed by atoms with Crippen LogP contribution >= 0.6 is 0 Å². The Morgan fingerprint density at radius 2 is 1.81 bits per heavy atom. The summed E-state index contributed by atoms with van der Waals surface area (Å²) in [6.07, 6.45) is 6.16. The number of carbonyl (C=O) groups excluding carboxylic acids is 3. The number of amides is 2. The van der Waals surface area contributed by atoms with E-state index < -0.39 is 0 Å². The smallest absolute Gasteiger partial charge is 0.305 e. The number of esters is 1. The first-order valence-electron chi connectivity index (χ1n) is 13.1. The fourth-order valence-electron chi connectivity index (χ4n) is 4.99. The third-order valence-electron chi connectivity index (χ3n) is 7.01. The Hall–Kier alpha value is -3.68. The molecular weight excluding hydrogens is 470 g/mol. The normalized spacial score (nSPS) is 16.6. The van der Waals surface area contributed by atoms with Gasteiger partial charge in [0.2, 0.25) is 11.8 Å². The maximum atomic E-state index is 13.2. The Kier molecular flexibility index (Phi) is 9.29. The van der Waals surface area contributed by atoms with Crippen molar-refractivity contribution in [1.29, 1.82) is 0 Å². The number of ether oxygens (including phenoxy) is 2. The molecule has 1 fully saturated rings. The van der Waals surface area contributed by atoms with Crippen LogP contribution in [0.3, 0.4) is 0 Å². The molecule has 196 valence electrons. The predicted octanol–water partition coefficient (Wildman–Crippen LogP) is 4.14. The lowest BCUT2D eigenvalue weighted by Gasteiger charge is -2.25. The van der Waals surface area contributed by atoms with Crippen LogP contribution < -0.4 is 5.32 Å². The van der Waals surface area contributed by atoms with E-state index in [9.17, 15) is 14.4 Å². The van der Waals surface area contributed by atoms with Gasteiger partial charge in [0.1, 0.15) is 0 Å². The standard InChI is InChI=1S/C29H35N3O5/c1-36-26(34)13-7-8-18-30-28(35)27(22-9-5-6-10-22)23-16-14-21(15-17-23)19-32-25(33)20-37-29(31-32)24-11-3-2-4-12-24/h2-4,11-12,14-17,22,27H,5-10,13,18-20H2,1H3,(H,30,35). The van der Waals surface area contributed by atoms with Crippen LogP contribution in [0.4, 0.5) is 0 Å². The van der Waals surface area contributed by atoms with E-state index in [4.69, 9.17) is 4.74 Å². The Balaban J connectivity index is 1.40. The van der Waals surface area contributed by atoms with Crippen LogP contribution in [-0.4, -0.2) is 49.0 Å². The van der Waals surface area contributed by atoms with Crippen molar-refractivity contribution in [3.63, 3.8) is 0 Å². The maximum absolute atomic E-state index is 13.2. The quantitative estimate of drug-likeness (QED) is 0.366. The van der Waals surface area contributed by atoms with Crippen LogP contribution in [0.5, 0.6) is 0 Å². The van der Waals surface area contributed by atoms with Crippen LogP contribution in [0, 0.1) is 5.92 Å². The van der Waals surface area contributed by atoms with Gasteiger partial charge in [-0.25, -0.2) is 5.01 Å². The van der Waals surface area contributed by atoms with Gasteiger partial charge in [-0.05, 0) is 54.9 Å². The van der Waals surface area contributed by atoms with Gasteiger partial charge in [-0.1, -0.05) is 55.3 Å². The number of nitrogens with one attached hydrogen (secondary N) is 1. The van der Waals surface area contributed by atoms with Gasteiger partial charge in [-0.15, -0.1) is 5.10 Å². The summed E-state index contributed by atoms with van der Waals surface area (Å²) in [7, 11) is 1.38. The molecule has 37 heavy (non-hydrogen) atoms. The zero-order valence-electron chi connectivity index (χ0n) is 21.4. The van der Waals surface area contributed by atoms with Gasteiger partial charge in [0.15, 0.2) is 6.61 Å². The number of methoxy groups -OCH3 is 1. The minimum Gasteiger partial charge on any atom is -0.469 e. The summed E-state index contributed by atoms with van der Waals surface area (Å²) >= 11 is 0. The van der Waals surface area contributed by atoms with Gasteiger partial charge >= 0.3 is 5.97 Å². The molecule has 1 unspecified atom stereocenters. The lowest BCUT2D eigenvalue weighted by Crippen LogP contribution is -2.36. The number of hydrazone groups is 1. The van der Waals surface area contributed by atoms with Crippen molar-refractivity contribution in [2.45, 2.75) is 57.4 Å². The van der Waals surface area contributed by atoms with Crippen LogP contribution in [0.1, 0.15) is 67.6 Å². The number of hydrogen-bond acceptors (Lipinski definition) is 6. The highest BCUT2D eigenvalue weighted by Gasteiger charge is 2.32. The van der Waals surface area contributed by atoms with E-state index >= 15 is 0 Å². The molecule has 2 aromatic carbocycles. The molecule has 4 rings (SSSR count). The molecule has 1 saturated carbocycles. The molecular formula is C29H35N3O5. The van der Waals surface area contributed by atoms with E-state index in [0.717, 1.165) is 48.8 Å². The van der Waals surface area contributed by atoms with Crippen LogP contribution in [0.2, 0.25) is 0 Å². The number of rotatable bonds is 11. The number of carbonyl (C=O) groups is 3. The Labute approximate surface area is 218 Å². The molecule has 0 aromatic heterocycles. The summed E-state index contributed by atoms with van der Waals surface area (Å²) in [5.41, 5.74) is 2.75. The SMILES string of the molecule is COC(=O)CCCCNC(=O)C(c1ccc(CN2N=C(c3ccccc3)OCC2=O)cc1)C1CCCC1. The summed E-state index contributed by atoms with van der Waals surface area (Å²) in [5, 5.41) is 8.95. The zero-order chi connectivity index (χ0) is 26.0. The number of unbranched alkanes of at least 4 members (excludes halogenated alkanes) is 1. The second-order valence-electron chi connectivity index (χ2n) is 9.60. The highest BCUT2D eigenvalue weighted by atomic mass is 16.5. The molecule has 1 aliphatic heterocycles. The molecule has 1 aliphatic carbocycles. The molecule has 2 aliphatic rings. The van der Waals surface area contributed by atoms with Crippen molar-refractivity contribution in [3.05, 3.63) is 71.3 Å². The summed E-state index contributed by atoms with van der Waals surface area (Å²) in [6.45, 7) is 0.826. The largest absolute Gasteiger partial charge is 0.469 e. The Morgan fingerprint density at radius 1 is 1.08 bits per heavy atom. The Bertz CT molecular complexity index is 1090. The van der Waals surface area contributed by atoms with Crippen molar-refractivity contribution in [2.24, 2.45) is 11.0 Å². The minimum absolute atomic E-state index is 0.0400. The van der Waals surface area contributed by atoms with Crippen molar-refractivity contribution >= 4 is 23.7 Å². The first kappa shape index (κ1) is 26.4. The molecule has 8 heteroatoms. The monoisotopic (exact) mass is 505 g/mol. The van der Waals surface area contributed by atoms with Gasteiger partial charge in [-0.3, -0.25) is 14.4 Å². The molecule has 0 radical (unpaired) electrons. The summed E-state index contributed by atoms with van der Waals surface area (Å²) in [4.78, 5) is 36.9. The van der Waals surface area contributed by atoms with Crippen molar-refractivity contribution in [3.8, 4) is 0 Å². The van der Waals surface area contributed by atoms with Gasteiger partial charge in [-0.2, -0.15) is 0 Å². The summed E-state index contributed by atoms with van der Waals surface area (Å²) in [5.74, 6) is 0.166. The van der Waals surface area contributed by atoms with Gasteiger partial charge in [0.05, 0.1) is 19.6 Å². The second kappa shape index (κ2) is 13.0. The molecule has 0 spiro atoms. The minimum atomic E-state index is -0.226. The third kappa shape index (κ3) is 7.18. The zero-order valence-corrected chi connectivity index (χ0v) is 21.4. The van der Waals surface area contributed by atoms with Gasteiger partial charge in [0, 0.05) is 18.5 Å². The van der Waals surface area contributed by atoms with E-state index in [1.807, 2.05) is 54.6 Å². The molecule has 1 atom stereocenters. The van der Waals surface area contributed by atoms with E-state index in [-0.39, 0.29) is 30.3 Å². The fraction of sp³-hybridized carbons (Fsp3) is 0.448. The third-order valence-corrected chi connectivity index (χ3v) is 7.01. The fourth-order valence-corrected chi connectivity index (χ4v) is 4.99. The van der Waals surface area contributed by atoms with Crippen molar-refractivity contribution in [1.82, 2.24) is 10.3 Å². The molecule has 2 aromatic rings. The lowest BCUT2D eigenvalue weighted by molar-refractivity contribution is -0.140. The first-order valence-corrected chi connectivity index (χ1v) is 13.1. The predicted molar refractivity (Wildman–Crippen MR) is 139 cm³/mol. The lowest BCUT2D eigenvalue weighted by atomic mass is 9.83. The molecule has 2 amide bonds. The van der Waals surface area contributed by atoms with Crippen molar-refractivity contribution < 1.29 is 23.9 Å². The van der Waals surface area contributed by atoms with Gasteiger partial charge < -0.3 is 14.8 Å². The van der Waals surface area contributed by atoms with E-state index in [2.05, 4.69) is 15.2 Å². The van der Waals surface area contributed by atoms with E-state index in [1.54, 1.807) is 0 Å². The van der Waals surface area contributed by atoms with Crippen molar-refractivity contribution in [2.75, 3.05) is 20.3 Å². The molecule has 1 heterocycles. The summed E-state index contributed by atoms with van der Waals surface area (Å²) in [6, 6.07) is 17.5. The van der Waals surface area contributed by atoms with Gasteiger partial charge in [0.25, 0.3) is 5.91 Å². The Morgan fingerprint density at radius 3 is 2.51 bits per heavy atom. The number of hydrogen-bond donors (Lipinski definition) is 1. The number of benzene rings is 2. The van der Waals surface area contributed by atoms with E-state index in [1.165, 1.54) is 12.1 Å². The van der Waals surface area contributed by atoms with Crippen LogP contribution in [0.15, 0.2) is 59.7 Å². The molecule has 0 saturated heterocycles. The first-order chi connectivity index (χ1) is 18.0. The van der Waals surface area contributed by atoms with Crippen LogP contribution in [0.25, 0.3) is 0 Å².